The normalized spacial score (nSPS) is 19.1. The van der Waals surface area contributed by atoms with E-state index in [1.165, 1.54) is 11.8 Å². The fourth-order valence-corrected chi connectivity index (χ4v) is 3.95. The Morgan fingerprint density at radius 3 is 2.52 bits per heavy atom. The Labute approximate surface area is 161 Å². The fraction of sp³-hybridized carbons (Fsp3) is 0.250. The van der Waals surface area contributed by atoms with Gasteiger partial charge in [-0.05, 0) is 47.5 Å². The maximum Gasteiger partial charge on any atom is 0.258 e. The van der Waals surface area contributed by atoms with Crippen LogP contribution < -0.4 is 9.47 Å². The van der Waals surface area contributed by atoms with Crippen LogP contribution in [0.15, 0.2) is 58.6 Å². The van der Waals surface area contributed by atoms with Gasteiger partial charge in [0, 0.05) is 6.42 Å². The van der Waals surface area contributed by atoms with Gasteiger partial charge in [0.1, 0.15) is 11.5 Å². The summed E-state index contributed by atoms with van der Waals surface area (Å²) in [6.45, 7) is 0. The van der Waals surface area contributed by atoms with Gasteiger partial charge < -0.3 is 9.47 Å². The molecule has 0 radical (unpaired) electrons. The molecule has 0 saturated heterocycles. The van der Waals surface area contributed by atoms with Gasteiger partial charge in [0.05, 0.1) is 31.7 Å². The molecule has 1 amide bonds. The number of nitrogens with zero attached hydrogens (tertiary/aromatic N) is 3. The van der Waals surface area contributed by atoms with Crippen molar-refractivity contribution in [2.24, 2.45) is 10.1 Å². The lowest BCUT2D eigenvalue weighted by molar-refractivity contribution is -0.115. The van der Waals surface area contributed by atoms with Gasteiger partial charge in [0.15, 0.2) is 5.17 Å². The van der Waals surface area contributed by atoms with E-state index in [1.807, 2.05) is 47.5 Å². The van der Waals surface area contributed by atoms with Crippen LogP contribution in [0.3, 0.4) is 0 Å². The maximum atomic E-state index is 11.7. The Morgan fingerprint density at radius 2 is 1.85 bits per heavy atom. The number of amidine groups is 1. The number of benzene rings is 2. The van der Waals surface area contributed by atoms with Crippen molar-refractivity contribution < 1.29 is 14.3 Å². The first kappa shape index (κ1) is 17.6. The van der Waals surface area contributed by atoms with Crippen molar-refractivity contribution in [3.8, 4) is 11.5 Å². The Kier molecular flexibility index (Phi) is 4.85. The Balaban J connectivity index is 1.70. The lowest BCUT2D eigenvalue weighted by Gasteiger charge is -2.23. The predicted molar refractivity (Wildman–Crippen MR) is 107 cm³/mol. The molecule has 2 aliphatic heterocycles. The molecule has 7 heteroatoms. The van der Waals surface area contributed by atoms with E-state index < -0.39 is 0 Å². The molecule has 0 saturated carbocycles. The Bertz CT molecular complexity index is 924. The molecule has 0 aromatic heterocycles. The molecule has 0 aliphatic carbocycles. The summed E-state index contributed by atoms with van der Waals surface area (Å²) < 4.78 is 10.6. The van der Waals surface area contributed by atoms with Gasteiger partial charge >= 0.3 is 0 Å². The maximum absolute atomic E-state index is 11.7. The Morgan fingerprint density at radius 1 is 1.07 bits per heavy atom. The number of aliphatic imine (C=N–C) groups is 1. The number of hydrogen-bond acceptors (Lipinski definition) is 6. The number of amides is 1. The second-order valence-corrected chi connectivity index (χ2v) is 7.14. The van der Waals surface area contributed by atoms with E-state index in [0.29, 0.717) is 17.3 Å². The summed E-state index contributed by atoms with van der Waals surface area (Å²) in [6, 6.07) is 15.7. The quantitative estimate of drug-likeness (QED) is 0.811. The monoisotopic (exact) mass is 381 g/mol. The number of carbonyl (C=O) groups is 1. The second kappa shape index (κ2) is 7.44. The van der Waals surface area contributed by atoms with Crippen LogP contribution in [0.5, 0.6) is 11.5 Å². The molecule has 2 aromatic rings. The second-order valence-electron chi connectivity index (χ2n) is 6.19. The minimum absolute atomic E-state index is 0.0330. The van der Waals surface area contributed by atoms with Gasteiger partial charge in [0.2, 0.25) is 0 Å². The minimum atomic E-state index is -0.118. The smallest absolute Gasteiger partial charge is 0.258 e. The summed E-state index contributed by atoms with van der Waals surface area (Å²) >= 11 is 1.43. The minimum Gasteiger partial charge on any atom is -0.497 e. The van der Waals surface area contributed by atoms with Gasteiger partial charge in [-0.2, -0.15) is 10.1 Å². The van der Waals surface area contributed by atoms with E-state index in [1.54, 1.807) is 14.2 Å². The zero-order valence-electron chi connectivity index (χ0n) is 15.1. The summed E-state index contributed by atoms with van der Waals surface area (Å²) in [5, 5.41) is 7.32. The molecular formula is C20H19N3O3S. The first-order valence-electron chi connectivity index (χ1n) is 8.57. The van der Waals surface area contributed by atoms with E-state index in [0.717, 1.165) is 28.3 Å². The third-order valence-electron chi connectivity index (χ3n) is 4.55. The number of methoxy groups -OCH3 is 2. The molecular weight excluding hydrogens is 362 g/mol. The number of hydrogen-bond donors (Lipinski definition) is 0. The molecule has 0 bridgehead atoms. The summed E-state index contributed by atoms with van der Waals surface area (Å²) in [6.07, 6.45) is 0.716. The number of thioether (sulfide) groups is 1. The average molecular weight is 381 g/mol. The molecule has 0 N–H and O–H groups in total. The predicted octanol–water partition coefficient (Wildman–Crippen LogP) is 3.48. The van der Waals surface area contributed by atoms with Crippen LogP contribution in [0.2, 0.25) is 0 Å². The zero-order valence-corrected chi connectivity index (χ0v) is 15.9. The highest BCUT2D eigenvalue weighted by Crippen LogP contribution is 2.37. The van der Waals surface area contributed by atoms with Gasteiger partial charge in [-0.15, -0.1) is 0 Å². The third-order valence-corrected chi connectivity index (χ3v) is 5.48. The summed E-state index contributed by atoms with van der Waals surface area (Å²) in [4.78, 5) is 15.8. The molecule has 6 nitrogen and oxygen atoms in total. The molecule has 27 heavy (non-hydrogen) atoms. The van der Waals surface area contributed by atoms with Crippen LogP contribution in [0, 0.1) is 0 Å². The van der Waals surface area contributed by atoms with Crippen LogP contribution >= 0.6 is 11.8 Å². The van der Waals surface area contributed by atoms with Crippen LogP contribution in [0.4, 0.5) is 0 Å². The number of carbonyl (C=O) groups excluding carboxylic acids is 1. The van der Waals surface area contributed by atoms with Crippen LogP contribution in [0.25, 0.3) is 0 Å². The first-order chi connectivity index (χ1) is 13.2. The van der Waals surface area contributed by atoms with E-state index in [4.69, 9.17) is 14.6 Å². The number of hydrazone groups is 1. The van der Waals surface area contributed by atoms with Crippen LogP contribution in [0.1, 0.15) is 23.6 Å². The largest absolute Gasteiger partial charge is 0.497 e. The van der Waals surface area contributed by atoms with E-state index in [-0.39, 0.29) is 11.9 Å². The van der Waals surface area contributed by atoms with Crippen LogP contribution in [-0.2, 0) is 4.79 Å². The molecule has 4 rings (SSSR count). The molecule has 138 valence electrons. The lowest BCUT2D eigenvalue weighted by atomic mass is 9.98. The molecule has 1 atom stereocenters. The van der Waals surface area contributed by atoms with Crippen molar-refractivity contribution in [1.82, 2.24) is 5.01 Å². The molecule has 1 unspecified atom stereocenters. The highest BCUT2D eigenvalue weighted by atomic mass is 32.2. The lowest BCUT2D eigenvalue weighted by Crippen LogP contribution is -2.23. The van der Waals surface area contributed by atoms with Crippen molar-refractivity contribution in [2.45, 2.75) is 12.5 Å². The van der Waals surface area contributed by atoms with E-state index in [2.05, 4.69) is 11.1 Å². The van der Waals surface area contributed by atoms with Crippen molar-refractivity contribution >= 4 is 28.5 Å². The van der Waals surface area contributed by atoms with Gasteiger partial charge in [-0.25, -0.2) is 5.01 Å². The van der Waals surface area contributed by atoms with Gasteiger partial charge in [0.25, 0.3) is 5.91 Å². The topological polar surface area (TPSA) is 63.5 Å². The highest BCUT2D eigenvalue weighted by Gasteiger charge is 2.34. The van der Waals surface area contributed by atoms with Crippen LogP contribution in [-0.4, -0.2) is 41.8 Å². The third kappa shape index (κ3) is 3.55. The Hall–Kier alpha value is -2.80. The first-order valence-corrected chi connectivity index (χ1v) is 9.56. The van der Waals surface area contributed by atoms with E-state index >= 15 is 0 Å². The molecule has 2 aliphatic rings. The van der Waals surface area contributed by atoms with Crippen molar-refractivity contribution in [2.75, 3.05) is 20.0 Å². The summed E-state index contributed by atoms with van der Waals surface area (Å²) in [5.74, 6) is 1.85. The SMILES string of the molecule is COc1ccc(C2=NN(C3=NC(=O)CS3)C(c3cccc(OC)c3)C2)cc1. The molecule has 0 spiro atoms. The van der Waals surface area contributed by atoms with Crippen molar-refractivity contribution in [1.29, 1.82) is 0 Å². The van der Waals surface area contributed by atoms with E-state index in [9.17, 15) is 4.79 Å². The molecule has 2 aromatic carbocycles. The summed E-state index contributed by atoms with van der Waals surface area (Å²) in [5.41, 5.74) is 3.05. The van der Waals surface area contributed by atoms with Gasteiger partial charge in [-0.1, -0.05) is 23.9 Å². The number of ether oxygens (including phenoxy) is 2. The van der Waals surface area contributed by atoms with Crippen molar-refractivity contribution in [3.05, 3.63) is 59.7 Å². The number of rotatable bonds is 4. The van der Waals surface area contributed by atoms with Crippen molar-refractivity contribution in [3.63, 3.8) is 0 Å². The zero-order chi connectivity index (χ0) is 18.8. The highest BCUT2D eigenvalue weighted by molar-refractivity contribution is 8.14. The summed E-state index contributed by atoms with van der Waals surface area (Å²) in [7, 11) is 3.30. The molecule has 0 fully saturated rings. The van der Waals surface area contributed by atoms with Gasteiger partial charge in [-0.3, -0.25) is 4.79 Å². The fourth-order valence-electron chi connectivity index (χ4n) is 3.17. The molecule has 2 heterocycles. The standard InChI is InChI=1S/C20H19N3O3S/c1-25-15-8-6-13(7-9-15)17-11-18(14-4-3-5-16(10-14)26-2)23(22-17)20-21-19(24)12-27-20/h3-10,18H,11-12H2,1-2H3. The average Bonchev–Trinajstić information content (AvgIpc) is 3.34.